The van der Waals surface area contributed by atoms with Gasteiger partial charge >= 0.3 is 5.97 Å². The van der Waals surface area contributed by atoms with Crippen LogP contribution in [-0.2, 0) is 20.7 Å². The van der Waals surface area contributed by atoms with Gasteiger partial charge in [-0.05, 0) is 41.8 Å². The Hall–Kier alpha value is -2.57. The minimum atomic E-state index is -1.13. The van der Waals surface area contributed by atoms with Crippen molar-refractivity contribution in [3.63, 3.8) is 0 Å². The van der Waals surface area contributed by atoms with Gasteiger partial charge in [0.15, 0.2) is 0 Å². The van der Waals surface area contributed by atoms with Crippen LogP contribution in [-0.4, -0.2) is 30.2 Å². The number of halogens is 1. The van der Waals surface area contributed by atoms with Gasteiger partial charge < -0.3 is 19.9 Å². The Kier molecular flexibility index (Phi) is 5.68. The first kappa shape index (κ1) is 19.2. The van der Waals surface area contributed by atoms with Gasteiger partial charge in [0.2, 0.25) is 0 Å². The van der Waals surface area contributed by atoms with Crippen molar-refractivity contribution in [2.75, 3.05) is 12.4 Å². The molecule has 0 radical (unpaired) electrons. The Balaban J connectivity index is 2.18. The highest BCUT2D eigenvalue weighted by atomic mass is 35.5. The second kappa shape index (κ2) is 7.98. The largest absolute Gasteiger partial charge is 0.496 e. The van der Waals surface area contributed by atoms with E-state index in [-0.39, 0.29) is 0 Å². The fraction of sp³-hybridized carbons (Fsp3) is 0.300. The van der Waals surface area contributed by atoms with E-state index in [1.54, 1.807) is 25.3 Å². The zero-order valence-electron chi connectivity index (χ0n) is 15.0. The van der Waals surface area contributed by atoms with Gasteiger partial charge in [0.05, 0.1) is 13.5 Å². The fourth-order valence-electron chi connectivity index (χ4n) is 3.32. The highest BCUT2D eigenvalue weighted by Crippen LogP contribution is 2.40. The fourth-order valence-corrected chi connectivity index (χ4v) is 3.50. The average Bonchev–Trinajstić information content (AvgIpc) is 2.77. The molecule has 0 fully saturated rings. The first-order chi connectivity index (χ1) is 12.9. The number of carboxylic acid groups (broad SMARTS) is 1. The molecule has 2 N–H and O–H groups in total. The number of nitrogens with one attached hydrogen (secondary N) is 1. The summed E-state index contributed by atoms with van der Waals surface area (Å²) in [7, 11) is 1.59. The van der Waals surface area contributed by atoms with Crippen LogP contribution in [0.2, 0.25) is 5.02 Å². The van der Waals surface area contributed by atoms with E-state index in [2.05, 4.69) is 5.32 Å². The molecular weight excluding hydrogens is 370 g/mol. The maximum atomic E-state index is 12.5. The zero-order chi connectivity index (χ0) is 19.6. The van der Waals surface area contributed by atoms with E-state index >= 15 is 0 Å². The molecule has 2 atom stereocenters. The molecule has 1 aliphatic heterocycles. The van der Waals surface area contributed by atoms with E-state index in [4.69, 9.17) is 21.1 Å². The predicted molar refractivity (Wildman–Crippen MR) is 101 cm³/mol. The molecule has 1 heterocycles. The minimum Gasteiger partial charge on any atom is -0.496 e. The molecule has 0 saturated carbocycles. The summed E-state index contributed by atoms with van der Waals surface area (Å²) in [5.41, 5.74) is 2.96. The lowest BCUT2D eigenvalue weighted by Gasteiger charge is -2.24. The summed E-state index contributed by atoms with van der Waals surface area (Å²) in [6, 6.07) is 10.7. The maximum Gasteiger partial charge on any atom is 0.306 e. The van der Waals surface area contributed by atoms with Crippen molar-refractivity contribution in [1.29, 1.82) is 0 Å². The Labute approximate surface area is 162 Å². The van der Waals surface area contributed by atoms with Gasteiger partial charge in [-0.25, -0.2) is 0 Å². The van der Waals surface area contributed by atoms with E-state index in [0.29, 0.717) is 28.4 Å². The maximum absolute atomic E-state index is 12.5. The van der Waals surface area contributed by atoms with E-state index < -0.39 is 30.5 Å². The molecule has 0 aliphatic carbocycles. The molecule has 2 aromatic rings. The number of benzene rings is 2. The molecule has 1 aliphatic rings. The quantitative estimate of drug-likeness (QED) is 0.812. The number of fused-ring (bicyclic) bond motifs is 1. The topological polar surface area (TPSA) is 84.9 Å². The summed E-state index contributed by atoms with van der Waals surface area (Å²) in [5, 5.41) is 12.4. The summed E-state index contributed by atoms with van der Waals surface area (Å²) in [4.78, 5) is 23.7. The molecule has 1 amide bonds. The Morgan fingerprint density at radius 1 is 1.30 bits per heavy atom. The zero-order valence-corrected chi connectivity index (χ0v) is 15.7. The Bertz CT molecular complexity index is 883. The van der Waals surface area contributed by atoms with Gasteiger partial charge in [-0.15, -0.1) is 0 Å². The van der Waals surface area contributed by atoms with Crippen LogP contribution in [0.1, 0.15) is 36.1 Å². The van der Waals surface area contributed by atoms with E-state index in [0.717, 1.165) is 11.1 Å². The van der Waals surface area contributed by atoms with Crippen LogP contribution in [0.5, 0.6) is 5.75 Å². The Morgan fingerprint density at radius 3 is 2.74 bits per heavy atom. The molecule has 0 unspecified atom stereocenters. The summed E-state index contributed by atoms with van der Waals surface area (Å²) >= 11 is 6.18. The van der Waals surface area contributed by atoms with Crippen molar-refractivity contribution >= 4 is 29.2 Å². The monoisotopic (exact) mass is 389 g/mol. The number of anilines is 1. The first-order valence-electron chi connectivity index (χ1n) is 8.58. The molecule has 0 bridgehead atoms. The normalized spacial score (nSPS) is 19.0. The molecule has 142 valence electrons. The average molecular weight is 390 g/mol. The highest BCUT2D eigenvalue weighted by Gasteiger charge is 2.34. The van der Waals surface area contributed by atoms with E-state index in [1.165, 1.54) is 0 Å². The molecular formula is C20H20ClNO5. The smallest absolute Gasteiger partial charge is 0.306 e. The van der Waals surface area contributed by atoms with E-state index in [9.17, 15) is 14.7 Å². The molecule has 27 heavy (non-hydrogen) atoms. The molecule has 6 nitrogen and oxygen atoms in total. The van der Waals surface area contributed by atoms with Gasteiger partial charge in [-0.3, -0.25) is 9.59 Å². The number of rotatable bonds is 5. The summed E-state index contributed by atoms with van der Waals surface area (Å²) in [5.74, 6) is -0.899. The molecule has 0 aromatic heterocycles. The number of ether oxygens (including phenoxy) is 2. The van der Waals surface area contributed by atoms with Crippen molar-refractivity contribution in [2.24, 2.45) is 0 Å². The number of hydrogen-bond acceptors (Lipinski definition) is 4. The van der Waals surface area contributed by atoms with Crippen LogP contribution in [0.25, 0.3) is 0 Å². The van der Waals surface area contributed by atoms with Crippen molar-refractivity contribution in [2.45, 2.75) is 32.0 Å². The number of carboxylic acids is 1. The number of carbonyl (C=O) groups is 2. The van der Waals surface area contributed by atoms with Gasteiger partial charge in [0.25, 0.3) is 5.91 Å². The molecule has 2 aromatic carbocycles. The van der Waals surface area contributed by atoms with Crippen LogP contribution in [0.3, 0.4) is 0 Å². The lowest BCUT2D eigenvalue weighted by atomic mass is 9.93. The number of carbonyl (C=O) groups excluding carboxylic acids is 1. The molecule has 0 saturated heterocycles. The number of amides is 1. The first-order valence-corrected chi connectivity index (χ1v) is 8.95. The molecule has 0 spiro atoms. The van der Waals surface area contributed by atoms with Gasteiger partial charge in [-0.2, -0.15) is 0 Å². The van der Waals surface area contributed by atoms with Crippen molar-refractivity contribution in [1.82, 2.24) is 0 Å². The van der Waals surface area contributed by atoms with Crippen LogP contribution in [0.4, 0.5) is 5.69 Å². The molecule has 3 rings (SSSR count). The van der Waals surface area contributed by atoms with Gasteiger partial charge in [0, 0.05) is 16.3 Å². The third-order valence-corrected chi connectivity index (χ3v) is 4.77. The van der Waals surface area contributed by atoms with Crippen LogP contribution in [0, 0.1) is 0 Å². The highest BCUT2D eigenvalue weighted by molar-refractivity contribution is 6.30. The minimum absolute atomic E-state index is 0.435. The Morgan fingerprint density at radius 2 is 2.07 bits per heavy atom. The third-order valence-electron chi connectivity index (χ3n) is 4.53. The van der Waals surface area contributed by atoms with Crippen LogP contribution >= 0.6 is 11.6 Å². The van der Waals surface area contributed by atoms with Gasteiger partial charge in [0.1, 0.15) is 18.0 Å². The SMILES string of the molecule is CCc1c(OC)cccc1[C@@H]1O[C@@H](CC(=O)O)C(=O)Nc2ccc(Cl)cc21. The second-order valence-corrected chi connectivity index (χ2v) is 6.64. The van der Waals surface area contributed by atoms with E-state index in [1.807, 2.05) is 25.1 Å². The summed E-state index contributed by atoms with van der Waals surface area (Å²) in [6.45, 7) is 2.00. The standard InChI is InChI=1S/C20H20ClNO5/c1-3-12-13(5-4-6-16(12)26-2)19-14-9-11(21)7-8-15(14)22-20(25)17(27-19)10-18(23)24/h4-9,17,19H,3,10H2,1-2H3,(H,22,25)(H,23,24)/t17-,19-/m0/s1. The summed E-state index contributed by atoms with van der Waals surface area (Å²) in [6.07, 6.45) is -1.54. The van der Waals surface area contributed by atoms with Crippen molar-refractivity contribution < 1.29 is 24.2 Å². The van der Waals surface area contributed by atoms with Gasteiger partial charge in [-0.1, -0.05) is 30.7 Å². The number of methoxy groups -OCH3 is 1. The number of aliphatic carboxylic acids is 1. The lowest BCUT2D eigenvalue weighted by Crippen LogP contribution is -2.31. The summed E-state index contributed by atoms with van der Waals surface area (Å²) < 4.78 is 11.5. The van der Waals surface area contributed by atoms with Crippen molar-refractivity contribution in [3.05, 3.63) is 58.1 Å². The number of hydrogen-bond donors (Lipinski definition) is 2. The lowest BCUT2D eigenvalue weighted by molar-refractivity contribution is -0.146. The predicted octanol–water partition coefficient (Wildman–Crippen LogP) is 3.81. The van der Waals surface area contributed by atoms with Crippen LogP contribution < -0.4 is 10.1 Å². The molecule has 7 heteroatoms. The van der Waals surface area contributed by atoms with Crippen molar-refractivity contribution in [3.8, 4) is 5.75 Å². The van der Waals surface area contributed by atoms with Crippen LogP contribution in [0.15, 0.2) is 36.4 Å². The third kappa shape index (κ3) is 3.91. The second-order valence-electron chi connectivity index (χ2n) is 6.21.